The van der Waals surface area contributed by atoms with Gasteiger partial charge in [0.2, 0.25) is 0 Å². The van der Waals surface area contributed by atoms with E-state index in [4.69, 9.17) is 17.3 Å². The van der Waals surface area contributed by atoms with Crippen molar-refractivity contribution in [2.45, 2.75) is 26.2 Å². The van der Waals surface area contributed by atoms with E-state index in [0.717, 1.165) is 12.0 Å². The largest absolute Gasteiger partial charge is 0.330 e. The number of carbonyl (C=O) groups excluding carboxylic acids is 1. The Bertz CT molecular complexity index is 348. The first-order chi connectivity index (χ1) is 7.67. The fourth-order valence-corrected chi connectivity index (χ4v) is 1.85. The van der Waals surface area contributed by atoms with Gasteiger partial charge in [0, 0.05) is 17.9 Å². The number of Topliss-reactive ketones (excluding diaryl/α,β-unsaturated/α-hetero) is 1. The van der Waals surface area contributed by atoms with Crippen LogP contribution in [-0.4, -0.2) is 12.3 Å². The summed E-state index contributed by atoms with van der Waals surface area (Å²) in [5.74, 6) is 0.514. The van der Waals surface area contributed by atoms with Crippen molar-refractivity contribution in [2.24, 2.45) is 11.7 Å². The second kappa shape index (κ2) is 6.66. The number of carbonyl (C=O) groups is 1. The zero-order valence-corrected chi connectivity index (χ0v) is 10.3. The van der Waals surface area contributed by atoms with Crippen LogP contribution in [0.15, 0.2) is 24.3 Å². The van der Waals surface area contributed by atoms with E-state index in [1.807, 2.05) is 24.3 Å². The first-order valence-corrected chi connectivity index (χ1v) is 6.00. The van der Waals surface area contributed by atoms with Gasteiger partial charge in [-0.25, -0.2) is 0 Å². The van der Waals surface area contributed by atoms with Crippen molar-refractivity contribution in [1.82, 2.24) is 0 Å². The number of rotatable bonds is 6. The monoisotopic (exact) mass is 239 g/mol. The topological polar surface area (TPSA) is 43.1 Å². The standard InChI is InChI=1S/C13H18ClNO/c1-2-10(9-15)7-12(16)8-11-5-3-4-6-13(11)14/h3-6,10H,2,7-9,15H2,1H3. The van der Waals surface area contributed by atoms with Gasteiger partial charge in [0.25, 0.3) is 0 Å². The maximum atomic E-state index is 11.8. The van der Waals surface area contributed by atoms with Crippen LogP contribution in [-0.2, 0) is 11.2 Å². The highest BCUT2D eigenvalue weighted by atomic mass is 35.5. The van der Waals surface area contributed by atoms with Crippen LogP contribution in [0, 0.1) is 5.92 Å². The second-order valence-electron chi connectivity index (χ2n) is 4.02. The molecule has 0 saturated carbocycles. The minimum absolute atomic E-state index is 0.213. The Labute approximate surface area is 102 Å². The first kappa shape index (κ1) is 13.2. The molecule has 1 atom stereocenters. The average Bonchev–Trinajstić information content (AvgIpc) is 2.29. The number of nitrogens with two attached hydrogens (primary N) is 1. The molecule has 1 unspecified atom stereocenters. The van der Waals surface area contributed by atoms with Crippen molar-refractivity contribution in [1.29, 1.82) is 0 Å². The molecule has 3 heteroatoms. The maximum Gasteiger partial charge on any atom is 0.137 e. The quantitative estimate of drug-likeness (QED) is 0.830. The highest BCUT2D eigenvalue weighted by Gasteiger charge is 2.12. The molecule has 0 bridgehead atoms. The van der Waals surface area contributed by atoms with E-state index in [9.17, 15) is 4.79 Å². The summed E-state index contributed by atoms with van der Waals surface area (Å²) < 4.78 is 0. The molecule has 88 valence electrons. The molecule has 1 aromatic carbocycles. The van der Waals surface area contributed by atoms with Crippen molar-refractivity contribution in [2.75, 3.05) is 6.54 Å². The molecule has 0 aliphatic heterocycles. The fourth-order valence-electron chi connectivity index (χ4n) is 1.64. The molecule has 0 saturated heterocycles. The Morgan fingerprint density at radius 3 is 2.69 bits per heavy atom. The summed E-state index contributed by atoms with van der Waals surface area (Å²) in [5, 5.41) is 0.664. The van der Waals surface area contributed by atoms with Crippen LogP contribution in [0.1, 0.15) is 25.3 Å². The Kier molecular flexibility index (Phi) is 5.50. The van der Waals surface area contributed by atoms with Crippen molar-refractivity contribution in [3.8, 4) is 0 Å². The summed E-state index contributed by atoms with van der Waals surface area (Å²) in [6.45, 7) is 2.63. The minimum atomic E-state index is 0.213. The maximum absolute atomic E-state index is 11.8. The summed E-state index contributed by atoms with van der Waals surface area (Å²) in [6.07, 6.45) is 1.92. The van der Waals surface area contributed by atoms with Gasteiger partial charge in [-0.05, 0) is 24.1 Å². The van der Waals surface area contributed by atoms with E-state index in [1.54, 1.807) is 0 Å². The van der Waals surface area contributed by atoms with Crippen LogP contribution >= 0.6 is 11.6 Å². The van der Waals surface area contributed by atoms with Crippen LogP contribution in [0.25, 0.3) is 0 Å². The van der Waals surface area contributed by atoms with Crippen LogP contribution in [0.3, 0.4) is 0 Å². The second-order valence-corrected chi connectivity index (χ2v) is 4.43. The van der Waals surface area contributed by atoms with Crippen molar-refractivity contribution in [3.63, 3.8) is 0 Å². The Balaban J connectivity index is 2.55. The van der Waals surface area contributed by atoms with Gasteiger partial charge in [0.1, 0.15) is 5.78 Å². The van der Waals surface area contributed by atoms with Crippen LogP contribution < -0.4 is 5.73 Å². The fraction of sp³-hybridized carbons (Fsp3) is 0.462. The molecule has 2 N–H and O–H groups in total. The van der Waals surface area contributed by atoms with Gasteiger partial charge in [-0.3, -0.25) is 4.79 Å². The van der Waals surface area contributed by atoms with Crippen LogP contribution in [0.4, 0.5) is 0 Å². The molecule has 2 nitrogen and oxygen atoms in total. The Hall–Kier alpha value is -0.860. The van der Waals surface area contributed by atoms with Crippen molar-refractivity contribution >= 4 is 17.4 Å². The Morgan fingerprint density at radius 2 is 2.12 bits per heavy atom. The SMILES string of the molecule is CCC(CN)CC(=O)Cc1ccccc1Cl. The molecule has 0 aliphatic rings. The molecule has 0 fully saturated rings. The minimum Gasteiger partial charge on any atom is -0.330 e. The third-order valence-corrected chi connectivity index (χ3v) is 3.14. The lowest BCUT2D eigenvalue weighted by molar-refractivity contribution is -0.119. The molecule has 0 heterocycles. The van der Waals surface area contributed by atoms with Gasteiger partial charge in [-0.15, -0.1) is 0 Å². The van der Waals surface area contributed by atoms with Gasteiger partial charge < -0.3 is 5.73 Å². The normalized spacial score (nSPS) is 12.4. The van der Waals surface area contributed by atoms with E-state index in [-0.39, 0.29) is 5.78 Å². The molecule has 0 aromatic heterocycles. The van der Waals surface area contributed by atoms with E-state index >= 15 is 0 Å². The van der Waals surface area contributed by atoms with Gasteiger partial charge in [0.15, 0.2) is 0 Å². The van der Waals surface area contributed by atoms with E-state index in [2.05, 4.69) is 6.92 Å². The number of benzene rings is 1. The number of ketones is 1. The summed E-state index contributed by atoms with van der Waals surface area (Å²) in [4.78, 5) is 11.8. The van der Waals surface area contributed by atoms with Crippen LogP contribution in [0.2, 0.25) is 5.02 Å². The highest BCUT2D eigenvalue weighted by molar-refractivity contribution is 6.31. The molecule has 0 radical (unpaired) electrons. The number of hydrogen-bond acceptors (Lipinski definition) is 2. The highest BCUT2D eigenvalue weighted by Crippen LogP contribution is 2.17. The molecule has 0 aliphatic carbocycles. The average molecular weight is 240 g/mol. The lowest BCUT2D eigenvalue weighted by Gasteiger charge is -2.11. The molecular weight excluding hydrogens is 222 g/mol. The first-order valence-electron chi connectivity index (χ1n) is 5.62. The summed E-state index contributed by atoms with van der Waals surface area (Å²) >= 11 is 6.00. The smallest absolute Gasteiger partial charge is 0.137 e. The summed E-state index contributed by atoms with van der Waals surface area (Å²) in [7, 11) is 0. The zero-order chi connectivity index (χ0) is 12.0. The van der Waals surface area contributed by atoms with E-state index < -0.39 is 0 Å². The Morgan fingerprint density at radius 1 is 1.44 bits per heavy atom. The number of hydrogen-bond donors (Lipinski definition) is 1. The predicted molar refractivity (Wildman–Crippen MR) is 67.6 cm³/mol. The van der Waals surface area contributed by atoms with Crippen LogP contribution in [0.5, 0.6) is 0 Å². The summed E-state index contributed by atoms with van der Waals surface area (Å²) in [6, 6.07) is 7.47. The van der Waals surface area contributed by atoms with Gasteiger partial charge in [-0.1, -0.05) is 43.1 Å². The molecule has 1 aromatic rings. The lowest BCUT2D eigenvalue weighted by Crippen LogP contribution is -2.18. The molecule has 16 heavy (non-hydrogen) atoms. The predicted octanol–water partition coefficient (Wildman–Crippen LogP) is 2.83. The zero-order valence-electron chi connectivity index (χ0n) is 9.58. The molecule has 0 amide bonds. The summed E-state index contributed by atoms with van der Waals surface area (Å²) in [5.41, 5.74) is 6.48. The lowest BCUT2D eigenvalue weighted by atomic mass is 9.96. The van der Waals surface area contributed by atoms with Gasteiger partial charge in [0.05, 0.1) is 0 Å². The van der Waals surface area contributed by atoms with E-state index in [1.165, 1.54) is 0 Å². The van der Waals surface area contributed by atoms with Gasteiger partial charge in [-0.2, -0.15) is 0 Å². The third kappa shape index (κ3) is 3.95. The van der Waals surface area contributed by atoms with Crippen molar-refractivity contribution < 1.29 is 4.79 Å². The van der Waals surface area contributed by atoms with Gasteiger partial charge >= 0.3 is 0 Å². The van der Waals surface area contributed by atoms with E-state index in [0.29, 0.717) is 30.3 Å². The van der Waals surface area contributed by atoms with Crippen molar-refractivity contribution in [3.05, 3.63) is 34.9 Å². The molecule has 1 rings (SSSR count). The number of halogens is 1. The molecular formula is C13H18ClNO. The third-order valence-electron chi connectivity index (χ3n) is 2.77. The molecule has 0 spiro atoms.